The van der Waals surface area contributed by atoms with Crippen LogP contribution in [-0.2, 0) is 40.8 Å². The van der Waals surface area contributed by atoms with Gasteiger partial charge < -0.3 is 16.2 Å². The highest BCUT2D eigenvalue weighted by molar-refractivity contribution is 5.65. The van der Waals surface area contributed by atoms with Crippen molar-refractivity contribution in [3.63, 3.8) is 0 Å². The molecule has 0 fully saturated rings. The quantitative estimate of drug-likeness (QED) is 0.558. The zero-order chi connectivity index (χ0) is 23.4. The van der Waals surface area contributed by atoms with E-state index < -0.39 is 0 Å². The Labute approximate surface area is 187 Å². The summed E-state index contributed by atoms with van der Waals surface area (Å²) < 4.78 is 5.36. The largest absolute Gasteiger partial charge is 0.374 e. The lowest BCUT2D eigenvalue weighted by atomic mass is 9.97. The van der Waals surface area contributed by atoms with Crippen molar-refractivity contribution in [2.75, 3.05) is 14.2 Å². The number of nitrogens with zero attached hydrogens (tertiary/aromatic N) is 1. The monoisotopic (exact) mass is 425 g/mol. The Morgan fingerprint density at radius 1 is 1.00 bits per heavy atom. The lowest BCUT2D eigenvalue weighted by molar-refractivity contribution is -0.106. The van der Waals surface area contributed by atoms with Crippen LogP contribution >= 0.6 is 0 Å². The lowest BCUT2D eigenvalue weighted by Gasteiger charge is -2.23. The van der Waals surface area contributed by atoms with E-state index in [2.05, 4.69) is 74.3 Å². The average molecular weight is 426 g/mol. The van der Waals surface area contributed by atoms with Gasteiger partial charge in [0, 0.05) is 7.11 Å². The van der Waals surface area contributed by atoms with Crippen molar-refractivity contribution in [3.8, 4) is 0 Å². The first kappa shape index (κ1) is 26.5. The van der Waals surface area contributed by atoms with Crippen LogP contribution in [0.1, 0.15) is 60.1 Å². The van der Waals surface area contributed by atoms with E-state index in [1.807, 2.05) is 0 Å². The van der Waals surface area contributed by atoms with Crippen molar-refractivity contribution in [1.29, 1.82) is 0 Å². The number of fused-ring (bicyclic) bond motifs is 2. The summed E-state index contributed by atoms with van der Waals surface area (Å²) in [5, 5.41) is 0. The van der Waals surface area contributed by atoms with Gasteiger partial charge in [-0.25, -0.2) is 0 Å². The minimum Gasteiger partial charge on any atom is -0.374 e. The van der Waals surface area contributed by atoms with Gasteiger partial charge in [-0.15, -0.1) is 0 Å². The van der Waals surface area contributed by atoms with Crippen LogP contribution in [0.25, 0.3) is 0 Å². The number of hydrogen-bond acceptors (Lipinski definition) is 4. The van der Waals surface area contributed by atoms with Gasteiger partial charge in [-0.1, -0.05) is 35.9 Å². The Balaban J connectivity index is 0.000000260. The number of hydrogen-bond donors (Lipinski definition) is 2. The van der Waals surface area contributed by atoms with Gasteiger partial charge >= 0.3 is 0 Å². The third kappa shape index (κ3) is 7.01. The lowest BCUT2D eigenvalue weighted by Crippen LogP contribution is -2.19. The van der Waals surface area contributed by atoms with Crippen LogP contribution in [-0.4, -0.2) is 27.3 Å². The first-order valence-corrected chi connectivity index (χ1v) is 10.9. The van der Waals surface area contributed by atoms with Crippen LogP contribution in [0.5, 0.6) is 0 Å². The Kier molecular flexibility index (Phi) is 11.2. The second-order valence-corrected chi connectivity index (χ2v) is 8.08. The molecule has 5 heteroatoms. The predicted octanol–water partition coefficient (Wildman–Crippen LogP) is 4.55. The summed E-state index contributed by atoms with van der Waals surface area (Å²) in [4.78, 5) is 12.8. The maximum atomic E-state index is 8.58. The van der Waals surface area contributed by atoms with Crippen molar-refractivity contribution >= 4 is 18.8 Å². The fraction of sp³-hybridized carbons (Fsp3) is 0.462. The van der Waals surface area contributed by atoms with E-state index in [9.17, 15) is 0 Å². The molecule has 0 aliphatic heterocycles. The first-order chi connectivity index (χ1) is 14.9. The molecule has 0 aromatic heterocycles. The summed E-state index contributed by atoms with van der Waals surface area (Å²) in [5.41, 5.74) is 18.3. The van der Waals surface area contributed by atoms with Gasteiger partial charge in [0.05, 0.1) is 11.3 Å². The van der Waals surface area contributed by atoms with Gasteiger partial charge in [-0.3, -0.25) is 9.79 Å². The van der Waals surface area contributed by atoms with Crippen LogP contribution in [0, 0.1) is 6.92 Å². The van der Waals surface area contributed by atoms with E-state index >= 15 is 0 Å². The number of carbonyl (C=O) groups excluding carboxylic acids is 1. The van der Waals surface area contributed by atoms with Gasteiger partial charge in [0.2, 0.25) is 6.41 Å². The SMILES string of the molecule is C=Nc1c2c(cc3c1CCC3)CCC2.CN.COC(C)(C)c1ccc(C)cc1.NC=O. The summed E-state index contributed by atoms with van der Waals surface area (Å²) in [5.74, 6) is 0. The molecule has 0 unspecified atom stereocenters. The Hall–Kier alpha value is -2.50. The van der Waals surface area contributed by atoms with Crippen LogP contribution in [0.4, 0.5) is 5.69 Å². The second kappa shape index (κ2) is 13.0. The van der Waals surface area contributed by atoms with Crippen LogP contribution in [0.15, 0.2) is 35.3 Å². The fourth-order valence-corrected chi connectivity index (χ4v) is 4.05. The molecule has 0 radical (unpaired) electrons. The molecule has 2 aliphatic rings. The number of carbonyl (C=O) groups is 1. The zero-order valence-electron chi connectivity index (χ0n) is 19.8. The minimum absolute atomic E-state index is 0.173. The summed E-state index contributed by atoms with van der Waals surface area (Å²) in [7, 11) is 3.24. The van der Waals surface area contributed by atoms with Gasteiger partial charge in [-0.05, 0) is 101 Å². The van der Waals surface area contributed by atoms with Crippen LogP contribution < -0.4 is 11.5 Å². The summed E-state index contributed by atoms with van der Waals surface area (Å²) in [6, 6.07) is 10.9. The number of rotatable bonds is 3. The summed E-state index contributed by atoms with van der Waals surface area (Å²) in [6.07, 6.45) is 7.81. The van der Waals surface area contributed by atoms with E-state index in [-0.39, 0.29) is 12.0 Å². The molecule has 0 heterocycles. The van der Waals surface area contributed by atoms with Gasteiger partial charge in [0.25, 0.3) is 0 Å². The van der Waals surface area contributed by atoms with Crippen molar-refractivity contribution in [3.05, 3.63) is 63.7 Å². The molecular formula is C26H39N3O2. The average Bonchev–Trinajstić information content (AvgIpc) is 3.44. The molecule has 5 nitrogen and oxygen atoms in total. The van der Waals surface area contributed by atoms with E-state index in [4.69, 9.17) is 9.53 Å². The third-order valence-electron chi connectivity index (χ3n) is 5.86. The zero-order valence-corrected chi connectivity index (χ0v) is 19.8. The summed E-state index contributed by atoms with van der Waals surface area (Å²) in [6.45, 7) is 9.96. The van der Waals surface area contributed by atoms with E-state index in [1.165, 1.54) is 73.5 Å². The van der Waals surface area contributed by atoms with Crippen molar-refractivity contribution < 1.29 is 9.53 Å². The highest BCUT2D eigenvalue weighted by Crippen LogP contribution is 2.39. The number of methoxy groups -OCH3 is 1. The standard InChI is InChI=1S/C13H15N.C11H16O.CH3NO.CH5N/c1-14-13-11-6-2-4-9(11)8-10-5-3-7-12(10)13;1-9-5-7-10(8-6-9)11(2,3)12-4;2-1-3;1-2/h8H,1-7H2;5-8H,1-4H3;1H,(H2,2,3);2H2,1H3. The molecule has 0 saturated carbocycles. The normalized spacial score (nSPS) is 13.2. The molecule has 170 valence electrons. The number of amides is 1. The number of ether oxygens (including phenoxy) is 1. The molecule has 2 aromatic rings. The molecular weight excluding hydrogens is 386 g/mol. The fourth-order valence-electron chi connectivity index (χ4n) is 4.05. The molecule has 0 bridgehead atoms. The highest BCUT2D eigenvalue weighted by Gasteiger charge is 2.23. The molecule has 31 heavy (non-hydrogen) atoms. The third-order valence-corrected chi connectivity index (χ3v) is 5.86. The number of aliphatic imine (C=N–C) groups is 1. The molecule has 4 rings (SSSR count). The predicted molar refractivity (Wildman–Crippen MR) is 131 cm³/mol. The van der Waals surface area contributed by atoms with Crippen LogP contribution in [0.2, 0.25) is 0 Å². The van der Waals surface area contributed by atoms with Crippen molar-refractivity contribution in [2.45, 2.75) is 64.9 Å². The molecule has 0 spiro atoms. The molecule has 0 atom stereocenters. The van der Waals surface area contributed by atoms with Gasteiger partial charge in [0.15, 0.2) is 0 Å². The molecule has 0 saturated heterocycles. The van der Waals surface area contributed by atoms with Gasteiger partial charge in [0.1, 0.15) is 0 Å². The highest BCUT2D eigenvalue weighted by atomic mass is 16.5. The molecule has 4 N–H and O–H groups in total. The second-order valence-electron chi connectivity index (χ2n) is 8.08. The number of benzene rings is 2. The topological polar surface area (TPSA) is 90.7 Å². The van der Waals surface area contributed by atoms with E-state index in [0.29, 0.717) is 0 Å². The Bertz CT molecular complexity index is 810. The van der Waals surface area contributed by atoms with E-state index in [0.717, 1.165) is 0 Å². The molecule has 2 aliphatic carbocycles. The van der Waals surface area contributed by atoms with E-state index in [1.54, 1.807) is 18.2 Å². The minimum atomic E-state index is -0.173. The first-order valence-electron chi connectivity index (χ1n) is 10.9. The number of nitrogens with two attached hydrogens (primary N) is 2. The molecule has 1 amide bonds. The number of primary amides is 1. The maximum Gasteiger partial charge on any atom is 0.204 e. The number of aryl methyl sites for hydroxylation is 3. The maximum absolute atomic E-state index is 8.58. The Morgan fingerprint density at radius 2 is 1.45 bits per heavy atom. The molecule has 2 aromatic carbocycles. The summed E-state index contributed by atoms with van der Waals surface area (Å²) >= 11 is 0. The smallest absolute Gasteiger partial charge is 0.204 e. The van der Waals surface area contributed by atoms with Gasteiger partial charge in [-0.2, -0.15) is 0 Å². The van der Waals surface area contributed by atoms with Crippen molar-refractivity contribution in [1.82, 2.24) is 0 Å². The van der Waals surface area contributed by atoms with Crippen molar-refractivity contribution in [2.24, 2.45) is 16.5 Å². The van der Waals surface area contributed by atoms with Crippen LogP contribution in [0.3, 0.4) is 0 Å². The Morgan fingerprint density at radius 3 is 1.84 bits per heavy atom.